The quantitative estimate of drug-likeness (QED) is 0.633. The van der Waals surface area contributed by atoms with Gasteiger partial charge in [0.15, 0.2) is 0 Å². The first-order chi connectivity index (χ1) is 8.88. The summed E-state index contributed by atoms with van der Waals surface area (Å²) in [6.07, 6.45) is 0.685. The summed E-state index contributed by atoms with van der Waals surface area (Å²) >= 11 is 0. The number of primary amides is 1. The van der Waals surface area contributed by atoms with Gasteiger partial charge in [0.1, 0.15) is 0 Å². The molecule has 0 fully saturated rings. The molecule has 1 rings (SSSR count). The number of rotatable bonds is 7. The second kappa shape index (κ2) is 8.21. The van der Waals surface area contributed by atoms with Gasteiger partial charge >= 0.3 is 0 Å². The number of nitrogens with one attached hydrogen (secondary N) is 2. The molecule has 1 amide bonds. The van der Waals surface area contributed by atoms with Crippen molar-refractivity contribution in [2.75, 3.05) is 20.1 Å². The summed E-state index contributed by atoms with van der Waals surface area (Å²) in [6, 6.07) is 4.34. The molecule has 114 valence electrons. The molecule has 8 heteroatoms. The van der Waals surface area contributed by atoms with E-state index in [1.165, 1.54) is 12.1 Å². The zero-order valence-electron chi connectivity index (χ0n) is 11.5. The Bertz CT molecular complexity index is 561. The van der Waals surface area contributed by atoms with Crippen molar-refractivity contribution < 1.29 is 13.2 Å². The second-order valence-electron chi connectivity index (χ2n) is 4.20. The summed E-state index contributed by atoms with van der Waals surface area (Å²) < 4.78 is 26.5. The highest BCUT2D eigenvalue weighted by Crippen LogP contribution is 2.15. The van der Waals surface area contributed by atoms with Crippen LogP contribution < -0.4 is 15.8 Å². The molecule has 4 N–H and O–H groups in total. The number of carbonyl (C=O) groups excluding carboxylic acids is 1. The summed E-state index contributed by atoms with van der Waals surface area (Å²) in [5.74, 6) is -0.635. The van der Waals surface area contributed by atoms with Crippen LogP contribution in [0.25, 0.3) is 0 Å². The molecule has 0 saturated heterocycles. The number of amides is 1. The van der Waals surface area contributed by atoms with Crippen LogP contribution in [-0.2, 0) is 10.0 Å². The van der Waals surface area contributed by atoms with Gasteiger partial charge in [-0.25, -0.2) is 13.1 Å². The minimum atomic E-state index is -3.60. The van der Waals surface area contributed by atoms with E-state index in [-0.39, 0.29) is 22.9 Å². The summed E-state index contributed by atoms with van der Waals surface area (Å²) in [5.41, 5.74) is 6.08. The van der Waals surface area contributed by atoms with E-state index in [2.05, 4.69) is 10.0 Å². The van der Waals surface area contributed by atoms with E-state index >= 15 is 0 Å². The lowest BCUT2D eigenvalue weighted by Gasteiger charge is -2.09. The Morgan fingerprint density at radius 3 is 2.50 bits per heavy atom. The van der Waals surface area contributed by atoms with Crippen molar-refractivity contribution in [3.63, 3.8) is 0 Å². The molecule has 6 nitrogen and oxygen atoms in total. The average molecular weight is 322 g/mol. The molecular weight excluding hydrogens is 302 g/mol. The van der Waals surface area contributed by atoms with Crippen LogP contribution >= 0.6 is 12.4 Å². The van der Waals surface area contributed by atoms with Crippen molar-refractivity contribution in [2.24, 2.45) is 5.73 Å². The zero-order chi connectivity index (χ0) is 14.5. The first kappa shape index (κ1) is 18.9. The van der Waals surface area contributed by atoms with Crippen LogP contribution in [0.4, 0.5) is 0 Å². The second-order valence-corrected chi connectivity index (χ2v) is 5.96. The highest BCUT2D eigenvalue weighted by atomic mass is 35.5. The molecule has 0 atom stereocenters. The van der Waals surface area contributed by atoms with Gasteiger partial charge in [-0.3, -0.25) is 4.79 Å². The van der Waals surface area contributed by atoms with Crippen molar-refractivity contribution in [1.29, 1.82) is 0 Å². The molecule has 20 heavy (non-hydrogen) atoms. The Labute approximate surface area is 125 Å². The Kier molecular flexibility index (Phi) is 7.74. The van der Waals surface area contributed by atoms with Gasteiger partial charge in [-0.2, -0.15) is 0 Å². The van der Waals surface area contributed by atoms with Gasteiger partial charge in [0, 0.05) is 12.1 Å². The smallest absolute Gasteiger partial charge is 0.249 e. The lowest BCUT2D eigenvalue weighted by atomic mass is 10.1. The Morgan fingerprint density at radius 2 is 1.95 bits per heavy atom. The number of halogens is 1. The van der Waals surface area contributed by atoms with Gasteiger partial charge in [0.25, 0.3) is 0 Å². The summed E-state index contributed by atoms with van der Waals surface area (Å²) in [7, 11) is -1.80. The lowest BCUT2D eigenvalue weighted by Crippen LogP contribution is -2.27. The van der Waals surface area contributed by atoms with Crippen LogP contribution in [-0.4, -0.2) is 34.5 Å². The lowest BCUT2D eigenvalue weighted by molar-refractivity contribution is 0.0999. The number of hydrogen-bond donors (Lipinski definition) is 3. The summed E-state index contributed by atoms with van der Waals surface area (Å²) in [6.45, 7) is 2.77. The maximum Gasteiger partial charge on any atom is 0.249 e. The molecule has 0 spiro atoms. The average Bonchev–Trinajstić information content (AvgIpc) is 2.34. The molecule has 0 radical (unpaired) electrons. The first-order valence-corrected chi connectivity index (χ1v) is 7.41. The number of hydrogen-bond acceptors (Lipinski definition) is 4. The molecule has 0 unspecified atom stereocenters. The summed E-state index contributed by atoms with van der Waals surface area (Å²) in [4.78, 5) is 11.3. The van der Waals surface area contributed by atoms with E-state index in [1.54, 1.807) is 20.0 Å². The maximum atomic E-state index is 12.0. The predicted octanol–water partition coefficient (Wildman–Crippen LogP) is 0.404. The van der Waals surface area contributed by atoms with E-state index in [0.29, 0.717) is 18.5 Å². The molecule has 0 aromatic heterocycles. The van der Waals surface area contributed by atoms with Crippen molar-refractivity contribution in [1.82, 2.24) is 10.0 Å². The third-order valence-corrected chi connectivity index (χ3v) is 4.14. The molecular formula is C12H20ClN3O3S. The molecule has 0 aliphatic carbocycles. The van der Waals surface area contributed by atoms with E-state index in [0.717, 1.165) is 6.54 Å². The third kappa shape index (κ3) is 5.09. The van der Waals surface area contributed by atoms with Gasteiger partial charge in [-0.1, -0.05) is 6.07 Å². The van der Waals surface area contributed by atoms with E-state index in [4.69, 9.17) is 5.73 Å². The largest absolute Gasteiger partial charge is 0.366 e. The molecule has 0 saturated carbocycles. The van der Waals surface area contributed by atoms with Crippen molar-refractivity contribution in [2.45, 2.75) is 18.2 Å². The number of aryl methyl sites for hydroxylation is 1. The van der Waals surface area contributed by atoms with Crippen LogP contribution in [0.2, 0.25) is 0 Å². The van der Waals surface area contributed by atoms with E-state index in [9.17, 15) is 13.2 Å². The van der Waals surface area contributed by atoms with Crippen LogP contribution in [0.15, 0.2) is 23.1 Å². The molecule has 1 aromatic rings. The minimum absolute atomic E-state index is 0. The Morgan fingerprint density at radius 1 is 1.30 bits per heavy atom. The minimum Gasteiger partial charge on any atom is -0.366 e. The number of benzene rings is 1. The molecule has 1 aromatic carbocycles. The van der Waals surface area contributed by atoms with Gasteiger partial charge < -0.3 is 11.1 Å². The number of carbonyl (C=O) groups is 1. The fraction of sp³-hybridized carbons (Fsp3) is 0.417. The Hall–Kier alpha value is -1.15. The van der Waals surface area contributed by atoms with Gasteiger partial charge in [0.05, 0.1) is 4.90 Å². The normalized spacial score (nSPS) is 10.9. The monoisotopic (exact) mass is 321 g/mol. The SMILES string of the molecule is CNCCCNS(=O)(=O)c1ccc(C)c(C(N)=O)c1.Cl. The zero-order valence-corrected chi connectivity index (χ0v) is 13.1. The van der Waals surface area contributed by atoms with E-state index in [1.807, 2.05) is 0 Å². The molecule has 0 heterocycles. The van der Waals surface area contributed by atoms with Gasteiger partial charge in [-0.15, -0.1) is 12.4 Å². The standard InChI is InChI=1S/C12H19N3O3S.ClH/c1-9-4-5-10(8-11(9)12(13)16)19(17,18)15-7-3-6-14-2;/h4-5,8,14-15H,3,6-7H2,1-2H3,(H2,13,16);1H. The Balaban J connectivity index is 0.00000361. The fourth-order valence-electron chi connectivity index (χ4n) is 1.59. The molecule has 0 bridgehead atoms. The highest BCUT2D eigenvalue weighted by Gasteiger charge is 2.16. The van der Waals surface area contributed by atoms with E-state index < -0.39 is 15.9 Å². The topological polar surface area (TPSA) is 101 Å². The first-order valence-electron chi connectivity index (χ1n) is 5.93. The van der Waals surface area contributed by atoms with Crippen molar-refractivity contribution in [3.05, 3.63) is 29.3 Å². The van der Waals surface area contributed by atoms with Gasteiger partial charge in [0.2, 0.25) is 15.9 Å². The summed E-state index contributed by atoms with van der Waals surface area (Å²) in [5, 5.41) is 2.93. The fourth-order valence-corrected chi connectivity index (χ4v) is 2.69. The maximum absolute atomic E-state index is 12.0. The molecule has 0 aliphatic rings. The van der Waals surface area contributed by atoms with Crippen molar-refractivity contribution >= 4 is 28.3 Å². The van der Waals surface area contributed by atoms with Crippen LogP contribution in [0.1, 0.15) is 22.3 Å². The van der Waals surface area contributed by atoms with Crippen LogP contribution in [0.3, 0.4) is 0 Å². The molecule has 0 aliphatic heterocycles. The third-order valence-electron chi connectivity index (χ3n) is 2.68. The number of nitrogens with two attached hydrogens (primary N) is 1. The number of sulfonamides is 1. The van der Waals surface area contributed by atoms with Crippen LogP contribution in [0, 0.1) is 6.92 Å². The van der Waals surface area contributed by atoms with Gasteiger partial charge in [-0.05, 0) is 44.6 Å². The van der Waals surface area contributed by atoms with Crippen molar-refractivity contribution in [3.8, 4) is 0 Å². The predicted molar refractivity (Wildman–Crippen MR) is 80.7 cm³/mol. The van der Waals surface area contributed by atoms with Crippen LogP contribution in [0.5, 0.6) is 0 Å². The highest BCUT2D eigenvalue weighted by molar-refractivity contribution is 7.89.